The smallest absolute Gasteiger partial charge is 0.345 e. The number of carbonyl (C=O) groups excluding carboxylic acids is 1. The number of fused-ring (bicyclic) bond motifs is 1. The van der Waals surface area contributed by atoms with Crippen LogP contribution >= 0.6 is 0 Å². The van der Waals surface area contributed by atoms with Gasteiger partial charge in [0.1, 0.15) is 5.75 Å². The predicted octanol–water partition coefficient (Wildman–Crippen LogP) is 1.00. The first kappa shape index (κ1) is 13.2. The monoisotopic (exact) mass is 266 g/mol. The summed E-state index contributed by atoms with van der Waals surface area (Å²) < 4.78 is 5.51. The molecule has 102 valence electrons. The second kappa shape index (κ2) is 6.05. The summed E-state index contributed by atoms with van der Waals surface area (Å²) >= 11 is 0. The average Bonchev–Trinajstić information content (AvgIpc) is 2.60. The maximum Gasteiger partial charge on any atom is 0.345 e. The van der Waals surface area contributed by atoms with Crippen LogP contribution in [-0.2, 0) is 9.63 Å². The van der Waals surface area contributed by atoms with Gasteiger partial charge in [-0.25, -0.2) is 15.1 Å². The number of benzene rings is 1. The number of hydrogen-bond acceptors (Lipinski definition) is 4. The van der Waals surface area contributed by atoms with Gasteiger partial charge in [-0.05, 0) is 18.6 Å². The summed E-state index contributed by atoms with van der Waals surface area (Å²) in [6.07, 6.45) is 0.682. The Labute approximate surface area is 109 Å². The first-order valence-electron chi connectivity index (χ1n) is 5.81. The molecule has 0 saturated heterocycles. The van der Waals surface area contributed by atoms with Crippen molar-refractivity contribution in [2.45, 2.75) is 6.42 Å². The number of rotatable bonds is 3. The molecule has 0 unspecified atom stereocenters. The van der Waals surface area contributed by atoms with Crippen LogP contribution in [0, 0.1) is 0 Å². The Morgan fingerprint density at radius 1 is 1.42 bits per heavy atom. The second-order valence-electron chi connectivity index (χ2n) is 3.91. The lowest BCUT2D eigenvalue weighted by molar-refractivity contribution is -0.143. The summed E-state index contributed by atoms with van der Waals surface area (Å²) in [6, 6.07) is 6.64. The number of carboxylic acid groups (broad SMARTS) is 1. The largest absolute Gasteiger partial charge is 0.491 e. The summed E-state index contributed by atoms with van der Waals surface area (Å²) in [7, 11) is 0. The number of hydrogen-bond donors (Lipinski definition) is 2. The lowest BCUT2D eigenvalue weighted by Crippen LogP contribution is -2.41. The normalized spacial score (nSPS) is 14.0. The van der Waals surface area contributed by atoms with Crippen molar-refractivity contribution in [2.24, 2.45) is 0 Å². The fourth-order valence-corrected chi connectivity index (χ4v) is 1.75. The Bertz CT molecular complexity index is 477. The quantitative estimate of drug-likeness (QED) is 0.797. The minimum atomic E-state index is -1.15. The van der Waals surface area contributed by atoms with Gasteiger partial charge in [0, 0.05) is 6.54 Å². The van der Waals surface area contributed by atoms with Crippen molar-refractivity contribution in [1.29, 1.82) is 0 Å². The van der Waals surface area contributed by atoms with Gasteiger partial charge >= 0.3 is 12.0 Å². The molecule has 19 heavy (non-hydrogen) atoms. The van der Waals surface area contributed by atoms with E-state index in [0.29, 0.717) is 31.0 Å². The van der Waals surface area contributed by atoms with Crippen LogP contribution in [0.5, 0.6) is 5.75 Å². The Hall–Kier alpha value is -2.28. The van der Waals surface area contributed by atoms with Crippen LogP contribution < -0.4 is 15.1 Å². The number of carboxylic acids is 1. The first-order valence-corrected chi connectivity index (χ1v) is 5.81. The van der Waals surface area contributed by atoms with E-state index in [1.54, 1.807) is 18.2 Å². The molecule has 0 bridgehead atoms. The number of anilines is 1. The average molecular weight is 266 g/mol. The molecular weight excluding hydrogens is 252 g/mol. The van der Waals surface area contributed by atoms with Gasteiger partial charge in [0.05, 0.1) is 12.3 Å². The highest BCUT2D eigenvalue weighted by Crippen LogP contribution is 2.30. The molecule has 2 amide bonds. The Kier molecular flexibility index (Phi) is 4.19. The van der Waals surface area contributed by atoms with Crippen molar-refractivity contribution in [3.05, 3.63) is 24.3 Å². The lowest BCUT2D eigenvalue weighted by Gasteiger charge is -2.21. The van der Waals surface area contributed by atoms with Gasteiger partial charge in [0.2, 0.25) is 0 Å². The molecule has 7 heteroatoms. The van der Waals surface area contributed by atoms with E-state index in [1.807, 2.05) is 6.07 Å². The van der Waals surface area contributed by atoms with E-state index in [4.69, 9.17) is 9.84 Å². The predicted molar refractivity (Wildman–Crippen MR) is 66.0 cm³/mol. The molecule has 2 N–H and O–H groups in total. The van der Waals surface area contributed by atoms with Crippen LogP contribution in [-0.4, -0.2) is 36.9 Å². The molecule has 0 saturated carbocycles. The summed E-state index contributed by atoms with van der Waals surface area (Å²) in [6.45, 7) is 0.410. The topological polar surface area (TPSA) is 88.1 Å². The molecule has 1 aliphatic rings. The molecule has 7 nitrogen and oxygen atoms in total. The standard InChI is InChI=1S/C12H14N2O5/c15-11(16)8-19-13-12(17)14-6-3-7-18-10-5-2-1-4-9(10)14/h1-2,4-5H,3,6-8H2,(H,13,17)(H,15,16). The van der Waals surface area contributed by atoms with Crippen LogP contribution in [0.1, 0.15) is 6.42 Å². The molecule has 0 fully saturated rings. The molecule has 1 aromatic rings. The third kappa shape index (κ3) is 3.35. The van der Waals surface area contributed by atoms with Crippen LogP contribution in [0.2, 0.25) is 0 Å². The van der Waals surface area contributed by atoms with Crippen molar-refractivity contribution in [2.75, 3.05) is 24.7 Å². The Balaban J connectivity index is 2.06. The van der Waals surface area contributed by atoms with Gasteiger partial charge in [0.25, 0.3) is 0 Å². The number of nitrogens with one attached hydrogen (secondary N) is 1. The second-order valence-corrected chi connectivity index (χ2v) is 3.91. The Morgan fingerprint density at radius 2 is 2.21 bits per heavy atom. The minimum Gasteiger partial charge on any atom is -0.491 e. The minimum absolute atomic E-state index is 0.472. The molecule has 1 aliphatic heterocycles. The van der Waals surface area contributed by atoms with Gasteiger partial charge in [0.15, 0.2) is 6.61 Å². The summed E-state index contributed by atoms with van der Waals surface area (Å²) in [5, 5.41) is 8.43. The maximum absolute atomic E-state index is 11.9. The van der Waals surface area contributed by atoms with Gasteiger partial charge in [-0.2, -0.15) is 0 Å². The number of hydroxylamine groups is 1. The molecule has 0 spiro atoms. The summed E-state index contributed by atoms with van der Waals surface area (Å²) in [4.78, 5) is 28.3. The van der Waals surface area contributed by atoms with E-state index in [0.717, 1.165) is 0 Å². The van der Waals surface area contributed by atoms with E-state index in [1.165, 1.54) is 4.90 Å². The maximum atomic E-state index is 11.9. The van der Waals surface area contributed by atoms with Crippen molar-refractivity contribution in [3.63, 3.8) is 0 Å². The number of urea groups is 1. The molecule has 0 aromatic heterocycles. The highest BCUT2D eigenvalue weighted by molar-refractivity contribution is 5.93. The fraction of sp³-hybridized carbons (Fsp3) is 0.333. The number of ether oxygens (including phenoxy) is 1. The van der Waals surface area contributed by atoms with Gasteiger partial charge < -0.3 is 9.84 Å². The first-order chi connectivity index (χ1) is 9.18. The molecule has 0 atom stereocenters. The summed E-state index contributed by atoms with van der Waals surface area (Å²) in [5.41, 5.74) is 2.74. The van der Waals surface area contributed by atoms with E-state index in [-0.39, 0.29) is 0 Å². The van der Waals surface area contributed by atoms with Gasteiger partial charge in [-0.3, -0.25) is 9.74 Å². The lowest BCUT2D eigenvalue weighted by atomic mass is 10.2. The zero-order valence-corrected chi connectivity index (χ0v) is 10.2. The molecule has 0 aliphatic carbocycles. The van der Waals surface area contributed by atoms with Crippen molar-refractivity contribution in [3.8, 4) is 5.75 Å². The van der Waals surface area contributed by atoms with Gasteiger partial charge in [-0.15, -0.1) is 0 Å². The number of nitrogens with zero attached hydrogens (tertiary/aromatic N) is 1. The number of carbonyl (C=O) groups is 2. The fourth-order valence-electron chi connectivity index (χ4n) is 1.75. The summed E-state index contributed by atoms with van der Waals surface area (Å²) in [5.74, 6) is -0.534. The molecule has 1 heterocycles. The molecular formula is C12H14N2O5. The van der Waals surface area contributed by atoms with Crippen LogP contribution in [0.4, 0.5) is 10.5 Å². The van der Waals surface area contributed by atoms with E-state index in [9.17, 15) is 9.59 Å². The van der Waals surface area contributed by atoms with Crippen LogP contribution in [0.25, 0.3) is 0 Å². The molecule has 2 rings (SSSR count). The van der Waals surface area contributed by atoms with Crippen molar-refractivity contribution >= 4 is 17.7 Å². The third-order valence-corrected chi connectivity index (χ3v) is 2.54. The number of amides is 2. The van der Waals surface area contributed by atoms with Crippen molar-refractivity contribution < 1.29 is 24.3 Å². The Morgan fingerprint density at radius 3 is 3.00 bits per heavy atom. The number of aliphatic carboxylic acids is 1. The highest BCUT2D eigenvalue weighted by atomic mass is 16.7. The molecule has 1 aromatic carbocycles. The van der Waals surface area contributed by atoms with Gasteiger partial charge in [-0.1, -0.05) is 12.1 Å². The zero-order valence-electron chi connectivity index (χ0n) is 10.2. The zero-order chi connectivity index (χ0) is 13.7. The molecule has 0 radical (unpaired) electrons. The van der Waals surface area contributed by atoms with Crippen molar-refractivity contribution in [1.82, 2.24) is 5.48 Å². The third-order valence-electron chi connectivity index (χ3n) is 2.54. The number of para-hydroxylation sites is 2. The van der Waals surface area contributed by atoms with Crippen LogP contribution in [0.3, 0.4) is 0 Å². The van der Waals surface area contributed by atoms with E-state index < -0.39 is 18.6 Å². The SMILES string of the molecule is O=C(O)CONC(=O)N1CCCOc2ccccc21. The van der Waals surface area contributed by atoms with Crippen LogP contribution in [0.15, 0.2) is 24.3 Å². The van der Waals surface area contributed by atoms with E-state index in [2.05, 4.69) is 10.3 Å². The van der Waals surface area contributed by atoms with E-state index >= 15 is 0 Å². The highest BCUT2D eigenvalue weighted by Gasteiger charge is 2.21.